The lowest BCUT2D eigenvalue weighted by molar-refractivity contribution is -0.123. The lowest BCUT2D eigenvalue weighted by Gasteiger charge is -2.31. The predicted molar refractivity (Wildman–Crippen MR) is 119 cm³/mol. The van der Waals surface area contributed by atoms with E-state index in [0.717, 1.165) is 49.8 Å². The summed E-state index contributed by atoms with van der Waals surface area (Å²) in [5, 5.41) is 5.96. The molecule has 0 saturated heterocycles. The van der Waals surface area contributed by atoms with Crippen LogP contribution < -0.4 is 20.1 Å². The fraction of sp³-hybridized carbons (Fsp3) is 0.440. The number of hydrogen-bond donors (Lipinski definition) is 2. The van der Waals surface area contributed by atoms with Crippen molar-refractivity contribution in [3.8, 4) is 11.5 Å². The molecule has 2 aliphatic rings. The van der Waals surface area contributed by atoms with Gasteiger partial charge in [0.2, 0.25) is 5.91 Å². The maximum Gasteiger partial charge on any atom is 0.257 e. The normalized spacial score (nSPS) is 17.1. The van der Waals surface area contributed by atoms with Crippen molar-refractivity contribution in [3.63, 3.8) is 0 Å². The third-order valence-electron chi connectivity index (χ3n) is 6.28. The van der Waals surface area contributed by atoms with Crippen LogP contribution in [0.3, 0.4) is 0 Å². The number of methoxy groups -OCH3 is 1. The molecule has 2 aromatic carbocycles. The van der Waals surface area contributed by atoms with Crippen molar-refractivity contribution in [2.24, 2.45) is 5.92 Å². The molecule has 0 spiro atoms. The van der Waals surface area contributed by atoms with Crippen LogP contribution in [0, 0.1) is 5.92 Å². The molecule has 2 aliphatic carbocycles. The van der Waals surface area contributed by atoms with Crippen molar-refractivity contribution in [1.29, 1.82) is 0 Å². The molecule has 2 aromatic rings. The summed E-state index contributed by atoms with van der Waals surface area (Å²) < 4.78 is 11.3. The highest BCUT2D eigenvalue weighted by Crippen LogP contribution is 2.44. The number of anilines is 1. The third-order valence-corrected chi connectivity index (χ3v) is 6.28. The smallest absolute Gasteiger partial charge is 0.257 e. The molecule has 164 valence electrons. The number of carbonyl (C=O) groups excluding carboxylic acids is 2. The van der Waals surface area contributed by atoms with Gasteiger partial charge in [-0.1, -0.05) is 37.1 Å². The van der Waals surface area contributed by atoms with Crippen LogP contribution in [0.15, 0.2) is 48.5 Å². The van der Waals surface area contributed by atoms with Gasteiger partial charge in [-0.25, -0.2) is 0 Å². The van der Waals surface area contributed by atoms with Gasteiger partial charge in [-0.2, -0.15) is 0 Å². The molecule has 2 saturated carbocycles. The Labute approximate surface area is 183 Å². The molecule has 0 atom stereocenters. The van der Waals surface area contributed by atoms with E-state index in [1.165, 1.54) is 0 Å². The molecule has 0 unspecified atom stereocenters. The Balaban J connectivity index is 1.33. The quantitative estimate of drug-likeness (QED) is 0.639. The van der Waals surface area contributed by atoms with Crippen molar-refractivity contribution in [1.82, 2.24) is 5.32 Å². The average Bonchev–Trinajstić information content (AvgIpc) is 3.55. The second-order valence-corrected chi connectivity index (χ2v) is 8.54. The predicted octanol–water partition coefficient (Wildman–Crippen LogP) is 4.05. The Morgan fingerprint density at radius 2 is 1.84 bits per heavy atom. The highest BCUT2D eigenvalue weighted by Gasteiger charge is 2.38. The summed E-state index contributed by atoms with van der Waals surface area (Å²) in [6.45, 7) is 0.495. The summed E-state index contributed by atoms with van der Waals surface area (Å²) >= 11 is 0. The van der Waals surface area contributed by atoms with Crippen LogP contribution in [0.5, 0.6) is 11.5 Å². The summed E-state index contributed by atoms with van der Waals surface area (Å²) in [7, 11) is 1.69. The van der Waals surface area contributed by atoms with Gasteiger partial charge < -0.3 is 20.1 Å². The van der Waals surface area contributed by atoms with Crippen molar-refractivity contribution in [2.75, 3.05) is 25.6 Å². The first-order chi connectivity index (χ1) is 15.1. The fourth-order valence-electron chi connectivity index (χ4n) is 4.40. The number of carbonyl (C=O) groups is 2. The molecule has 0 radical (unpaired) electrons. The third kappa shape index (κ3) is 5.19. The Morgan fingerprint density at radius 1 is 1.06 bits per heavy atom. The van der Waals surface area contributed by atoms with E-state index in [2.05, 4.69) is 16.7 Å². The lowest BCUT2D eigenvalue weighted by atomic mass is 9.78. The number of hydrogen-bond acceptors (Lipinski definition) is 4. The zero-order chi connectivity index (χ0) is 21.7. The first-order valence-electron chi connectivity index (χ1n) is 11.0. The van der Waals surface area contributed by atoms with Crippen LogP contribution in [0.4, 0.5) is 5.69 Å². The number of benzene rings is 2. The monoisotopic (exact) mass is 422 g/mol. The minimum absolute atomic E-state index is 0.0492. The van der Waals surface area contributed by atoms with E-state index in [4.69, 9.17) is 9.47 Å². The van der Waals surface area contributed by atoms with Crippen molar-refractivity contribution in [2.45, 2.75) is 43.9 Å². The Hall–Kier alpha value is -3.02. The molecule has 4 rings (SSSR count). The Kier molecular flexibility index (Phi) is 6.44. The zero-order valence-corrected chi connectivity index (χ0v) is 18.0. The molecule has 2 amide bonds. The molecular weight excluding hydrogens is 392 g/mol. The van der Waals surface area contributed by atoms with Crippen molar-refractivity contribution < 1.29 is 19.1 Å². The van der Waals surface area contributed by atoms with Gasteiger partial charge in [0.05, 0.1) is 7.11 Å². The Bertz CT molecular complexity index is 933. The minimum atomic E-state index is -0.159. The highest BCUT2D eigenvalue weighted by molar-refractivity contribution is 5.94. The van der Waals surface area contributed by atoms with E-state index in [1.54, 1.807) is 19.2 Å². The van der Waals surface area contributed by atoms with E-state index >= 15 is 0 Å². The lowest BCUT2D eigenvalue weighted by Crippen LogP contribution is -2.41. The summed E-state index contributed by atoms with van der Waals surface area (Å²) in [6.07, 6.45) is 6.25. The van der Waals surface area contributed by atoms with Gasteiger partial charge in [0.15, 0.2) is 6.61 Å². The molecule has 31 heavy (non-hydrogen) atoms. The number of para-hydroxylation sites is 1. The van der Waals surface area contributed by atoms with Gasteiger partial charge in [0, 0.05) is 35.2 Å². The van der Waals surface area contributed by atoms with Crippen LogP contribution in [-0.4, -0.2) is 32.1 Å². The molecule has 0 aromatic heterocycles. The first-order valence-corrected chi connectivity index (χ1v) is 11.0. The van der Waals surface area contributed by atoms with Gasteiger partial charge in [-0.05, 0) is 43.9 Å². The summed E-state index contributed by atoms with van der Waals surface area (Å²) in [5.41, 5.74) is 1.75. The van der Waals surface area contributed by atoms with Gasteiger partial charge in [0.25, 0.3) is 5.91 Å². The van der Waals surface area contributed by atoms with Gasteiger partial charge >= 0.3 is 0 Å². The SMILES string of the molecule is COc1ccccc1C1(CNC(=O)COc2cccc(NC(=O)C3CC3)c2)CCCC1. The van der Waals surface area contributed by atoms with Crippen LogP contribution in [-0.2, 0) is 15.0 Å². The molecule has 0 aliphatic heterocycles. The zero-order valence-electron chi connectivity index (χ0n) is 18.0. The standard InChI is InChI=1S/C25H30N2O4/c1-30-22-10-3-2-9-21(22)25(13-4-5-14-25)17-26-23(28)16-31-20-8-6-7-19(15-20)27-24(29)18-11-12-18/h2-3,6-10,15,18H,4-5,11-14,16-17H2,1H3,(H,26,28)(H,27,29). The van der Waals surface area contributed by atoms with Crippen LogP contribution >= 0.6 is 0 Å². The minimum Gasteiger partial charge on any atom is -0.496 e. The van der Waals surface area contributed by atoms with Crippen molar-refractivity contribution >= 4 is 17.5 Å². The summed E-state index contributed by atoms with van der Waals surface area (Å²) in [6, 6.07) is 15.3. The summed E-state index contributed by atoms with van der Waals surface area (Å²) in [4.78, 5) is 24.5. The van der Waals surface area contributed by atoms with Gasteiger partial charge in [-0.3, -0.25) is 9.59 Å². The van der Waals surface area contributed by atoms with Gasteiger partial charge in [0.1, 0.15) is 11.5 Å². The second kappa shape index (κ2) is 9.41. The molecule has 0 bridgehead atoms. The average molecular weight is 423 g/mol. The van der Waals surface area contributed by atoms with E-state index in [-0.39, 0.29) is 29.8 Å². The molecule has 2 fully saturated rings. The van der Waals surface area contributed by atoms with E-state index in [1.807, 2.05) is 30.3 Å². The molecule has 6 nitrogen and oxygen atoms in total. The topological polar surface area (TPSA) is 76.7 Å². The second-order valence-electron chi connectivity index (χ2n) is 8.54. The Morgan fingerprint density at radius 3 is 2.58 bits per heavy atom. The number of amides is 2. The molecule has 0 heterocycles. The summed E-state index contributed by atoms with van der Waals surface area (Å²) in [5.74, 6) is 1.46. The molecule has 6 heteroatoms. The molecular formula is C25H30N2O4. The van der Waals surface area contributed by atoms with Crippen molar-refractivity contribution in [3.05, 3.63) is 54.1 Å². The molecule has 2 N–H and O–H groups in total. The maximum absolute atomic E-state index is 12.5. The van der Waals surface area contributed by atoms with Crippen LogP contribution in [0.2, 0.25) is 0 Å². The van der Waals surface area contributed by atoms with E-state index in [0.29, 0.717) is 18.0 Å². The highest BCUT2D eigenvalue weighted by atomic mass is 16.5. The largest absolute Gasteiger partial charge is 0.496 e. The van der Waals surface area contributed by atoms with Crippen LogP contribution in [0.25, 0.3) is 0 Å². The number of ether oxygens (including phenoxy) is 2. The number of nitrogens with one attached hydrogen (secondary N) is 2. The first kappa shape index (κ1) is 21.2. The van der Waals surface area contributed by atoms with E-state index < -0.39 is 0 Å². The van der Waals surface area contributed by atoms with Gasteiger partial charge in [-0.15, -0.1) is 0 Å². The fourth-order valence-corrected chi connectivity index (χ4v) is 4.40. The number of rotatable bonds is 9. The maximum atomic E-state index is 12.5. The van der Waals surface area contributed by atoms with E-state index in [9.17, 15) is 9.59 Å². The van der Waals surface area contributed by atoms with Crippen LogP contribution in [0.1, 0.15) is 44.1 Å².